The van der Waals surface area contributed by atoms with Crippen molar-refractivity contribution in [1.82, 2.24) is 34.6 Å². The number of esters is 1. The number of hydrogen-bond donors (Lipinski definition) is 0. The lowest BCUT2D eigenvalue weighted by Gasteiger charge is -2.03. The standard InChI is InChI=1S/C15H12FN7O2S/c1-25-11(24)7-10-12-13(22(20-10)9-5-3-8(16)4-6-9)23-14(19-18-12)17-15(21-23)26-2/h3-6H,7H2,1-2H3. The second kappa shape index (κ2) is 6.33. The number of hydrogen-bond acceptors (Lipinski definition) is 8. The highest BCUT2D eigenvalue weighted by Gasteiger charge is 2.21. The first-order valence-corrected chi connectivity index (χ1v) is 8.71. The molecule has 0 saturated carbocycles. The molecular formula is C15H12FN7O2S. The van der Waals surface area contributed by atoms with Crippen LogP contribution in [0.4, 0.5) is 4.39 Å². The number of carbonyl (C=O) groups is 1. The largest absolute Gasteiger partial charge is 0.469 e. The number of benzene rings is 1. The number of rotatable bonds is 4. The zero-order valence-corrected chi connectivity index (χ0v) is 14.6. The van der Waals surface area contributed by atoms with Gasteiger partial charge in [-0.1, -0.05) is 11.8 Å². The van der Waals surface area contributed by atoms with Crippen molar-refractivity contribution in [3.05, 3.63) is 35.8 Å². The summed E-state index contributed by atoms with van der Waals surface area (Å²) in [7, 11) is 1.30. The van der Waals surface area contributed by atoms with Crippen LogP contribution < -0.4 is 0 Å². The smallest absolute Gasteiger partial charge is 0.311 e. The maximum atomic E-state index is 13.3. The van der Waals surface area contributed by atoms with Gasteiger partial charge in [-0.25, -0.2) is 9.07 Å². The lowest BCUT2D eigenvalue weighted by molar-refractivity contribution is -0.139. The summed E-state index contributed by atoms with van der Waals surface area (Å²) in [6.45, 7) is 0. The SMILES string of the molecule is COC(=O)Cc1nn(-c2ccc(F)cc2)c2c1nnc1nc(SC)nn12. The van der Waals surface area contributed by atoms with E-state index >= 15 is 0 Å². The maximum absolute atomic E-state index is 13.3. The Hall–Kier alpha value is -3.08. The minimum absolute atomic E-state index is 0.0779. The normalized spacial score (nSPS) is 11.3. The van der Waals surface area contributed by atoms with E-state index in [1.807, 2.05) is 6.26 Å². The van der Waals surface area contributed by atoms with Crippen LogP contribution in [0.5, 0.6) is 0 Å². The van der Waals surface area contributed by atoms with E-state index in [9.17, 15) is 9.18 Å². The van der Waals surface area contributed by atoms with Gasteiger partial charge in [0.25, 0.3) is 5.78 Å². The van der Waals surface area contributed by atoms with Gasteiger partial charge in [-0.3, -0.25) is 4.79 Å². The van der Waals surface area contributed by atoms with E-state index in [1.54, 1.807) is 12.1 Å². The van der Waals surface area contributed by atoms with Crippen LogP contribution >= 0.6 is 11.8 Å². The Balaban J connectivity index is 2.02. The van der Waals surface area contributed by atoms with Crippen LogP contribution in [0.25, 0.3) is 22.6 Å². The summed E-state index contributed by atoms with van der Waals surface area (Å²) in [5.74, 6) is -0.522. The third-order valence-electron chi connectivity index (χ3n) is 3.71. The van der Waals surface area contributed by atoms with Gasteiger partial charge in [-0.05, 0) is 30.5 Å². The topological polar surface area (TPSA) is 100 Å². The van der Waals surface area contributed by atoms with Gasteiger partial charge in [0.1, 0.15) is 11.5 Å². The number of nitrogens with zero attached hydrogens (tertiary/aromatic N) is 7. The molecule has 4 aromatic rings. The Morgan fingerprint density at radius 1 is 1.23 bits per heavy atom. The van der Waals surface area contributed by atoms with Crippen LogP contribution in [0.15, 0.2) is 29.4 Å². The van der Waals surface area contributed by atoms with Gasteiger partial charge < -0.3 is 4.74 Å². The summed E-state index contributed by atoms with van der Waals surface area (Å²) in [5.41, 5.74) is 1.84. The van der Waals surface area contributed by atoms with Crippen molar-refractivity contribution < 1.29 is 13.9 Å². The molecule has 26 heavy (non-hydrogen) atoms. The fourth-order valence-corrected chi connectivity index (χ4v) is 2.84. The highest BCUT2D eigenvalue weighted by atomic mass is 32.2. The van der Waals surface area contributed by atoms with Gasteiger partial charge >= 0.3 is 5.97 Å². The average Bonchev–Trinajstić information content (AvgIpc) is 3.23. The van der Waals surface area contributed by atoms with Gasteiger partial charge in [-0.15, -0.1) is 15.3 Å². The fraction of sp³-hybridized carbons (Fsp3) is 0.200. The molecule has 132 valence electrons. The lowest BCUT2D eigenvalue weighted by Crippen LogP contribution is -2.06. The quantitative estimate of drug-likeness (QED) is 0.391. The van der Waals surface area contributed by atoms with Crippen LogP contribution in [-0.4, -0.2) is 53.9 Å². The Morgan fingerprint density at radius 2 is 2.00 bits per heavy atom. The second-order valence-electron chi connectivity index (χ2n) is 5.27. The zero-order chi connectivity index (χ0) is 18.3. The summed E-state index contributed by atoms with van der Waals surface area (Å²) in [6, 6.07) is 5.79. The first kappa shape index (κ1) is 16.4. The Labute approximate surface area is 150 Å². The van der Waals surface area contributed by atoms with Gasteiger partial charge in [0.2, 0.25) is 5.16 Å². The molecule has 0 amide bonds. The average molecular weight is 373 g/mol. The van der Waals surface area contributed by atoms with E-state index in [1.165, 1.54) is 40.2 Å². The monoisotopic (exact) mass is 373 g/mol. The number of methoxy groups -OCH3 is 1. The third-order valence-corrected chi connectivity index (χ3v) is 4.25. The van der Waals surface area contributed by atoms with E-state index < -0.39 is 5.97 Å². The molecule has 0 saturated heterocycles. The van der Waals surface area contributed by atoms with Crippen LogP contribution in [0.2, 0.25) is 0 Å². The minimum Gasteiger partial charge on any atom is -0.469 e. The summed E-state index contributed by atoms with van der Waals surface area (Å²) < 4.78 is 21.1. The number of carbonyl (C=O) groups excluding carboxylic acids is 1. The fourth-order valence-electron chi connectivity index (χ4n) is 2.50. The molecule has 0 aliphatic rings. The van der Waals surface area contributed by atoms with Crippen molar-refractivity contribution in [1.29, 1.82) is 0 Å². The Bertz CT molecular complexity index is 1120. The number of fused-ring (bicyclic) bond motifs is 3. The van der Waals surface area contributed by atoms with Crippen LogP contribution in [0.1, 0.15) is 5.69 Å². The van der Waals surface area contributed by atoms with Crippen LogP contribution in [0, 0.1) is 5.82 Å². The summed E-state index contributed by atoms with van der Waals surface area (Å²) in [6.07, 6.45) is 1.77. The van der Waals surface area contributed by atoms with E-state index in [2.05, 4.69) is 25.4 Å². The van der Waals surface area contributed by atoms with Crippen molar-refractivity contribution in [3.63, 3.8) is 0 Å². The van der Waals surface area contributed by atoms with Crippen molar-refractivity contribution in [3.8, 4) is 5.69 Å². The molecule has 0 fully saturated rings. The molecule has 0 radical (unpaired) electrons. The molecule has 3 aromatic heterocycles. The van der Waals surface area contributed by atoms with Crippen molar-refractivity contribution >= 4 is 34.7 Å². The first-order valence-electron chi connectivity index (χ1n) is 7.48. The molecule has 0 aliphatic heterocycles. The predicted molar refractivity (Wildman–Crippen MR) is 90.7 cm³/mol. The highest BCUT2D eigenvalue weighted by molar-refractivity contribution is 7.98. The van der Waals surface area contributed by atoms with E-state index in [0.717, 1.165) is 0 Å². The molecule has 0 spiro atoms. The summed E-state index contributed by atoms with van der Waals surface area (Å²) in [4.78, 5) is 16.0. The molecule has 0 unspecified atom stereocenters. The highest BCUT2D eigenvalue weighted by Crippen LogP contribution is 2.22. The Kier molecular flexibility index (Phi) is 3.99. The number of thioether (sulfide) groups is 1. The van der Waals surface area contributed by atoms with Gasteiger partial charge in [0.15, 0.2) is 11.2 Å². The summed E-state index contributed by atoms with van der Waals surface area (Å²) in [5, 5.41) is 17.6. The molecule has 1 aromatic carbocycles. The first-order chi connectivity index (χ1) is 12.6. The summed E-state index contributed by atoms with van der Waals surface area (Å²) >= 11 is 1.36. The molecule has 0 aliphatic carbocycles. The van der Waals surface area contributed by atoms with Crippen molar-refractivity contribution in [2.75, 3.05) is 13.4 Å². The molecular weight excluding hydrogens is 361 g/mol. The molecule has 4 rings (SSSR count). The van der Waals surface area contributed by atoms with Gasteiger partial charge in [0.05, 0.1) is 19.2 Å². The van der Waals surface area contributed by atoms with E-state index in [-0.39, 0.29) is 12.2 Å². The molecule has 0 atom stereocenters. The third kappa shape index (κ3) is 2.65. The maximum Gasteiger partial charge on any atom is 0.311 e. The number of aromatic nitrogens is 7. The zero-order valence-electron chi connectivity index (χ0n) is 13.7. The van der Waals surface area contributed by atoms with E-state index in [4.69, 9.17) is 4.74 Å². The van der Waals surface area contributed by atoms with Gasteiger partial charge in [0, 0.05) is 0 Å². The minimum atomic E-state index is -0.457. The molecule has 11 heteroatoms. The van der Waals surface area contributed by atoms with Crippen LogP contribution in [0.3, 0.4) is 0 Å². The molecule has 3 heterocycles. The second-order valence-corrected chi connectivity index (χ2v) is 6.04. The Morgan fingerprint density at radius 3 is 2.69 bits per heavy atom. The van der Waals surface area contributed by atoms with Crippen molar-refractivity contribution in [2.24, 2.45) is 0 Å². The molecule has 9 nitrogen and oxygen atoms in total. The molecule has 0 bridgehead atoms. The number of ether oxygens (including phenoxy) is 1. The lowest BCUT2D eigenvalue weighted by atomic mass is 10.3. The predicted octanol–water partition coefficient (Wildman–Crippen LogP) is 1.43. The van der Waals surface area contributed by atoms with E-state index in [0.29, 0.717) is 33.5 Å². The van der Waals surface area contributed by atoms with Crippen molar-refractivity contribution in [2.45, 2.75) is 11.6 Å². The van der Waals surface area contributed by atoms with Gasteiger partial charge in [-0.2, -0.15) is 14.6 Å². The van der Waals surface area contributed by atoms with Crippen LogP contribution in [-0.2, 0) is 16.0 Å². The molecule has 0 N–H and O–H groups in total. The number of halogens is 1.